The maximum Gasteiger partial charge on any atom is 0.191 e. The van der Waals surface area contributed by atoms with E-state index in [0.717, 1.165) is 50.8 Å². The van der Waals surface area contributed by atoms with E-state index in [1.54, 1.807) is 7.11 Å². The van der Waals surface area contributed by atoms with Gasteiger partial charge in [-0.1, -0.05) is 11.6 Å². The van der Waals surface area contributed by atoms with Gasteiger partial charge in [0.2, 0.25) is 0 Å². The lowest BCUT2D eigenvalue weighted by Crippen LogP contribution is -2.51. The van der Waals surface area contributed by atoms with Crippen LogP contribution in [0.15, 0.2) is 29.3 Å². The third-order valence-corrected chi connectivity index (χ3v) is 3.83. The minimum Gasteiger partial charge on any atom is -0.385 e. The molecule has 0 spiro atoms. The predicted octanol–water partition coefficient (Wildman–Crippen LogP) is 2.43. The summed E-state index contributed by atoms with van der Waals surface area (Å²) < 4.78 is 5.00. The monoisotopic (exact) mass is 438 g/mol. The van der Waals surface area contributed by atoms with E-state index >= 15 is 0 Å². The smallest absolute Gasteiger partial charge is 0.191 e. The summed E-state index contributed by atoms with van der Waals surface area (Å²) in [6, 6.07) is 7.96. The topological polar surface area (TPSA) is 54.1 Å². The Morgan fingerprint density at radius 3 is 2.45 bits per heavy atom. The Morgan fingerprint density at radius 2 is 1.86 bits per heavy atom. The molecule has 1 aromatic carbocycles. The normalized spacial score (nSPS) is 15.6. The molecule has 7 heteroatoms. The van der Waals surface area contributed by atoms with Gasteiger partial charge >= 0.3 is 0 Å². The molecule has 0 saturated carbocycles. The molecule has 0 aromatic heterocycles. The van der Waals surface area contributed by atoms with Crippen molar-refractivity contribution in [3.05, 3.63) is 29.3 Å². The van der Waals surface area contributed by atoms with Crippen LogP contribution in [0.1, 0.15) is 6.42 Å². The van der Waals surface area contributed by atoms with E-state index in [0.29, 0.717) is 5.96 Å². The molecule has 1 aliphatic rings. The molecule has 0 unspecified atom stereocenters. The second-order valence-electron chi connectivity index (χ2n) is 5.04. The Labute approximate surface area is 154 Å². The summed E-state index contributed by atoms with van der Waals surface area (Å²) in [5.74, 6) is 0.641. The van der Waals surface area contributed by atoms with Gasteiger partial charge in [-0.3, -0.25) is 4.99 Å². The zero-order chi connectivity index (χ0) is 15.1. The molecule has 1 heterocycles. The quantitative estimate of drug-likeness (QED) is 0.332. The number of rotatable bonds is 5. The van der Waals surface area contributed by atoms with Crippen LogP contribution in [-0.2, 0) is 4.74 Å². The van der Waals surface area contributed by atoms with Gasteiger partial charge in [0.25, 0.3) is 0 Å². The molecule has 0 atom stereocenters. The van der Waals surface area contributed by atoms with Crippen LogP contribution < -0.4 is 10.6 Å². The first-order valence-electron chi connectivity index (χ1n) is 7.25. The molecule has 2 rings (SSSR count). The Hall–Kier alpha value is -0.730. The van der Waals surface area contributed by atoms with E-state index in [1.807, 2.05) is 12.1 Å². The zero-order valence-corrected chi connectivity index (χ0v) is 16.0. The van der Waals surface area contributed by atoms with Gasteiger partial charge in [0.15, 0.2) is 5.96 Å². The SMILES string of the molecule is COCCCN=C(N)N1CCN(c2ccc(Cl)cc2)CC1.I. The van der Waals surface area contributed by atoms with Gasteiger partial charge in [-0.25, -0.2) is 0 Å². The first-order chi connectivity index (χ1) is 10.2. The van der Waals surface area contributed by atoms with Gasteiger partial charge in [-0.05, 0) is 30.7 Å². The van der Waals surface area contributed by atoms with E-state index in [4.69, 9.17) is 22.1 Å². The molecule has 0 bridgehead atoms. The molecule has 0 amide bonds. The van der Waals surface area contributed by atoms with Gasteiger partial charge < -0.3 is 20.3 Å². The van der Waals surface area contributed by atoms with E-state index in [1.165, 1.54) is 5.69 Å². The number of nitrogens with two attached hydrogens (primary N) is 1. The highest BCUT2D eigenvalue weighted by molar-refractivity contribution is 14.0. The minimum atomic E-state index is 0. The van der Waals surface area contributed by atoms with Crippen LogP contribution in [0.4, 0.5) is 5.69 Å². The lowest BCUT2D eigenvalue weighted by Gasteiger charge is -2.36. The van der Waals surface area contributed by atoms with Crippen molar-refractivity contribution in [3.8, 4) is 0 Å². The Kier molecular flexibility index (Phi) is 8.89. The molecule has 0 radical (unpaired) electrons. The Morgan fingerprint density at radius 1 is 1.23 bits per heavy atom. The second kappa shape index (κ2) is 10.1. The Balaban J connectivity index is 0.00000242. The molecule has 22 heavy (non-hydrogen) atoms. The van der Waals surface area contributed by atoms with Crippen LogP contribution in [0.25, 0.3) is 0 Å². The number of anilines is 1. The first-order valence-corrected chi connectivity index (χ1v) is 7.63. The molecular weight excluding hydrogens is 415 g/mol. The number of hydrogen-bond acceptors (Lipinski definition) is 3. The van der Waals surface area contributed by atoms with Gasteiger partial charge in [0.1, 0.15) is 0 Å². The van der Waals surface area contributed by atoms with Crippen molar-refractivity contribution in [2.75, 3.05) is 51.3 Å². The van der Waals surface area contributed by atoms with Crippen LogP contribution in [0.2, 0.25) is 5.02 Å². The van der Waals surface area contributed by atoms with Gasteiger partial charge in [0, 0.05) is 57.2 Å². The second-order valence-corrected chi connectivity index (χ2v) is 5.47. The van der Waals surface area contributed by atoms with Crippen LogP contribution >= 0.6 is 35.6 Å². The number of piperazine rings is 1. The van der Waals surface area contributed by atoms with E-state index in [9.17, 15) is 0 Å². The molecule has 1 aliphatic heterocycles. The standard InChI is InChI=1S/C15H23ClN4O.HI/c1-21-12-2-7-18-15(17)20-10-8-19(9-11-20)14-5-3-13(16)4-6-14;/h3-6H,2,7-12H2,1H3,(H2,17,18);1H. The third-order valence-electron chi connectivity index (χ3n) is 3.58. The minimum absolute atomic E-state index is 0. The molecule has 124 valence electrons. The van der Waals surface area contributed by atoms with Crippen LogP contribution in [-0.4, -0.2) is 57.3 Å². The third kappa shape index (κ3) is 5.81. The van der Waals surface area contributed by atoms with Crippen molar-refractivity contribution in [1.82, 2.24) is 4.90 Å². The Bertz CT molecular complexity index is 461. The van der Waals surface area contributed by atoms with E-state index in [2.05, 4.69) is 26.9 Å². The van der Waals surface area contributed by atoms with Gasteiger partial charge in [0.05, 0.1) is 0 Å². The van der Waals surface area contributed by atoms with Crippen molar-refractivity contribution in [1.29, 1.82) is 0 Å². The molecule has 1 saturated heterocycles. The number of ether oxygens (including phenoxy) is 1. The molecule has 5 nitrogen and oxygen atoms in total. The maximum absolute atomic E-state index is 6.03. The van der Waals surface area contributed by atoms with Crippen LogP contribution in [0.5, 0.6) is 0 Å². The summed E-state index contributed by atoms with van der Waals surface area (Å²) in [6.45, 7) is 5.11. The lowest BCUT2D eigenvalue weighted by molar-refractivity contribution is 0.197. The van der Waals surface area contributed by atoms with Gasteiger partial charge in [-0.2, -0.15) is 0 Å². The highest BCUT2D eigenvalue weighted by atomic mass is 127. The number of nitrogens with zero attached hydrogens (tertiary/aromatic N) is 3. The van der Waals surface area contributed by atoms with Crippen molar-refractivity contribution < 1.29 is 4.74 Å². The van der Waals surface area contributed by atoms with Crippen molar-refractivity contribution in [2.24, 2.45) is 10.7 Å². The number of hydrogen-bond donors (Lipinski definition) is 1. The molecular formula is C15H24ClIN4O. The maximum atomic E-state index is 6.03. The number of halogens is 2. The largest absolute Gasteiger partial charge is 0.385 e. The van der Waals surface area contributed by atoms with Crippen LogP contribution in [0, 0.1) is 0 Å². The van der Waals surface area contributed by atoms with Crippen molar-refractivity contribution in [2.45, 2.75) is 6.42 Å². The summed E-state index contributed by atoms with van der Waals surface area (Å²) in [4.78, 5) is 8.88. The summed E-state index contributed by atoms with van der Waals surface area (Å²) >= 11 is 5.92. The fourth-order valence-electron chi connectivity index (χ4n) is 2.35. The molecule has 1 aromatic rings. The summed E-state index contributed by atoms with van der Waals surface area (Å²) in [6.07, 6.45) is 0.905. The lowest BCUT2D eigenvalue weighted by atomic mass is 10.2. The highest BCUT2D eigenvalue weighted by Crippen LogP contribution is 2.19. The average Bonchev–Trinajstić information content (AvgIpc) is 2.52. The summed E-state index contributed by atoms with van der Waals surface area (Å²) in [5.41, 5.74) is 7.24. The average molecular weight is 439 g/mol. The molecule has 2 N–H and O–H groups in total. The first kappa shape index (κ1) is 19.3. The van der Waals surface area contributed by atoms with Crippen molar-refractivity contribution in [3.63, 3.8) is 0 Å². The zero-order valence-electron chi connectivity index (χ0n) is 12.9. The molecule has 0 aliphatic carbocycles. The van der Waals surface area contributed by atoms with Crippen molar-refractivity contribution >= 4 is 47.2 Å². The van der Waals surface area contributed by atoms with E-state index in [-0.39, 0.29) is 24.0 Å². The number of benzene rings is 1. The van der Waals surface area contributed by atoms with E-state index < -0.39 is 0 Å². The molecule has 1 fully saturated rings. The predicted molar refractivity (Wildman–Crippen MR) is 104 cm³/mol. The van der Waals surface area contributed by atoms with Gasteiger partial charge in [-0.15, -0.1) is 24.0 Å². The summed E-state index contributed by atoms with van der Waals surface area (Å²) in [7, 11) is 1.70. The number of guanidine groups is 1. The number of aliphatic imine (C=N–C) groups is 1. The summed E-state index contributed by atoms with van der Waals surface area (Å²) in [5, 5.41) is 0.768. The fourth-order valence-corrected chi connectivity index (χ4v) is 2.47. The fraction of sp³-hybridized carbons (Fsp3) is 0.533. The highest BCUT2D eigenvalue weighted by Gasteiger charge is 2.18. The van der Waals surface area contributed by atoms with Crippen LogP contribution in [0.3, 0.4) is 0 Å². The number of methoxy groups -OCH3 is 1.